The van der Waals surface area contributed by atoms with E-state index in [-0.39, 0.29) is 16.9 Å². The number of aromatic hydroxyl groups is 1. The third kappa shape index (κ3) is 1.35. The van der Waals surface area contributed by atoms with Crippen molar-refractivity contribution in [1.82, 2.24) is 0 Å². The lowest BCUT2D eigenvalue weighted by Gasteiger charge is -2.29. The van der Waals surface area contributed by atoms with Gasteiger partial charge in [-0.25, -0.2) is 0 Å². The van der Waals surface area contributed by atoms with E-state index >= 15 is 0 Å². The highest BCUT2D eigenvalue weighted by atomic mass is 32.2. The van der Waals surface area contributed by atoms with Gasteiger partial charge in [-0.3, -0.25) is 4.79 Å². The summed E-state index contributed by atoms with van der Waals surface area (Å²) in [5.74, 6) is 0.347. The van der Waals surface area contributed by atoms with Gasteiger partial charge < -0.3 is 10.0 Å². The minimum Gasteiger partial charge on any atom is -0.508 e. The Labute approximate surface area is 86.7 Å². The highest BCUT2D eigenvalue weighted by molar-refractivity contribution is 8.01. The fourth-order valence-corrected chi connectivity index (χ4v) is 2.66. The molecular formula is C10H11NO2S. The Bertz CT molecular complexity index is 392. The van der Waals surface area contributed by atoms with Crippen LogP contribution in [-0.4, -0.2) is 23.3 Å². The predicted molar refractivity (Wildman–Crippen MR) is 56.8 cm³/mol. The highest BCUT2D eigenvalue weighted by Gasteiger charge is 2.27. The van der Waals surface area contributed by atoms with Gasteiger partial charge in [0.05, 0.1) is 10.9 Å². The Morgan fingerprint density at radius 2 is 2.21 bits per heavy atom. The van der Waals surface area contributed by atoms with Gasteiger partial charge in [0, 0.05) is 11.9 Å². The van der Waals surface area contributed by atoms with Gasteiger partial charge in [-0.2, -0.15) is 0 Å². The number of nitrogens with zero attached hydrogens (tertiary/aromatic N) is 1. The molecule has 1 aliphatic heterocycles. The number of fused-ring (bicyclic) bond motifs is 1. The number of thioether (sulfide) groups is 1. The molecule has 0 aromatic heterocycles. The summed E-state index contributed by atoms with van der Waals surface area (Å²) in [6.45, 7) is 1.87. The largest absolute Gasteiger partial charge is 0.508 e. The van der Waals surface area contributed by atoms with Crippen LogP contribution in [0.15, 0.2) is 23.1 Å². The van der Waals surface area contributed by atoms with Gasteiger partial charge in [-0.15, -0.1) is 11.8 Å². The molecular weight excluding hydrogens is 198 g/mol. The molecule has 1 amide bonds. The van der Waals surface area contributed by atoms with Crippen LogP contribution in [0.2, 0.25) is 0 Å². The Morgan fingerprint density at radius 1 is 1.50 bits per heavy atom. The number of hydrogen-bond acceptors (Lipinski definition) is 3. The van der Waals surface area contributed by atoms with Crippen molar-refractivity contribution < 1.29 is 9.90 Å². The first-order valence-corrected chi connectivity index (χ1v) is 5.25. The average Bonchev–Trinajstić information content (AvgIpc) is 2.14. The Morgan fingerprint density at radius 3 is 2.93 bits per heavy atom. The molecule has 74 valence electrons. The minimum atomic E-state index is -0.0747. The van der Waals surface area contributed by atoms with Crippen LogP contribution >= 0.6 is 11.8 Å². The third-order valence-electron chi connectivity index (χ3n) is 2.29. The quantitative estimate of drug-likeness (QED) is 0.709. The van der Waals surface area contributed by atoms with E-state index in [1.807, 2.05) is 6.92 Å². The van der Waals surface area contributed by atoms with E-state index in [4.69, 9.17) is 0 Å². The van der Waals surface area contributed by atoms with Crippen molar-refractivity contribution in [2.24, 2.45) is 0 Å². The van der Waals surface area contributed by atoms with Crippen LogP contribution in [0, 0.1) is 0 Å². The average molecular weight is 209 g/mol. The molecule has 1 aromatic rings. The summed E-state index contributed by atoms with van der Waals surface area (Å²) in [7, 11) is 1.76. The van der Waals surface area contributed by atoms with Crippen LogP contribution in [0.3, 0.4) is 0 Å². The van der Waals surface area contributed by atoms with Gasteiger partial charge in [0.1, 0.15) is 5.75 Å². The number of anilines is 1. The number of amides is 1. The van der Waals surface area contributed by atoms with Gasteiger partial charge >= 0.3 is 0 Å². The van der Waals surface area contributed by atoms with Crippen molar-refractivity contribution in [1.29, 1.82) is 0 Å². The highest BCUT2D eigenvalue weighted by Crippen LogP contribution is 2.39. The molecule has 0 spiro atoms. The van der Waals surface area contributed by atoms with E-state index in [0.717, 1.165) is 10.6 Å². The maximum atomic E-state index is 11.6. The van der Waals surface area contributed by atoms with E-state index in [1.54, 1.807) is 30.1 Å². The predicted octanol–water partition coefficient (Wildman–Crippen LogP) is 1.85. The van der Waals surface area contributed by atoms with E-state index in [2.05, 4.69) is 0 Å². The smallest absolute Gasteiger partial charge is 0.239 e. The zero-order chi connectivity index (χ0) is 10.3. The molecule has 1 atom stereocenters. The normalized spacial score (nSPS) is 20.9. The number of phenols is 1. The molecule has 4 heteroatoms. The SMILES string of the molecule is CC1Sc2cc(O)ccc2N(C)C1=O. The Hall–Kier alpha value is -1.16. The number of rotatable bonds is 0. The van der Waals surface area contributed by atoms with Crippen LogP contribution in [0.4, 0.5) is 5.69 Å². The van der Waals surface area contributed by atoms with Crippen LogP contribution in [0.5, 0.6) is 5.75 Å². The molecule has 1 N–H and O–H groups in total. The van der Waals surface area contributed by atoms with Crippen LogP contribution in [-0.2, 0) is 4.79 Å². The zero-order valence-corrected chi connectivity index (χ0v) is 8.84. The van der Waals surface area contributed by atoms with Gasteiger partial charge in [0.15, 0.2) is 0 Å². The van der Waals surface area contributed by atoms with Crippen molar-refractivity contribution in [3.05, 3.63) is 18.2 Å². The van der Waals surface area contributed by atoms with E-state index in [9.17, 15) is 9.90 Å². The summed E-state index contributed by atoms with van der Waals surface area (Å²) >= 11 is 1.49. The second-order valence-electron chi connectivity index (χ2n) is 3.31. The minimum absolute atomic E-state index is 0.0747. The number of phenolic OH excluding ortho intramolecular Hbond substituents is 1. The second kappa shape index (κ2) is 3.20. The fraction of sp³-hybridized carbons (Fsp3) is 0.300. The molecule has 1 heterocycles. The maximum Gasteiger partial charge on any atom is 0.239 e. The molecule has 0 aliphatic carbocycles. The molecule has 1 aromatic carbocycles. The number of hydrogen-bond donors (Lipinski definition) is 1. The summed E-state index contributed by atoms with van der Waals surface area (Å²) in [4.78, 5) is 14.2. The molecule has 2 rings (SSSR count). The first kappa shape index (κ1) is 9.40. The van der Waals surface area contributed by atoms with Crippen molar-refractivity contribution in [2.45, 2.75) is 17.1 Å². The molecule has 0 saturated carbocycles. The number of carbonyl (C=O) groups excluding carboxylic acids is 1. The van der Waals surface area contributed by atoms with E-state index in [0.29, 0.717) is 0 Å². The molecule has 0 radical (unpaired) electrons. The summed E-state index contributed by atoms with van der Waals surface area (Å²) in [6, 6.07) is 5.06. The van der Waals surface area contributed by atoms with Crippen LogP contribution in [0.1, 0.15) is 6.92 Å². The van der Waals surface area contributed by atoms with Gasteiger partial charge in [-0.1, -0.05) is 0 Å². The van der Waals surface area contributed by atoms with Crippen molar-refractivity contribution >= 4 is 23.4 Å². The van der Waals surface area contributed by atoms with Crippen molar-refractivity contribution in [3.63, 3.8) is 0 Å². The molecule has 0 saturated heterocycles. The van der Waals surface area contributed by atoms with Crippen molar-refractivity contribution in [2.75, 3.05) is 11.9 Å². The molecule has 3 nitrogen and oxygen atoms in total. The summed E-state index contributed by atoms with van der Waals surface area (Å²) in [5.41, 5.74) is 0.871. The lowest BCUT2D eigenvalue weighted by atomic mass is 10.2. The first-order valence-electron chi connectivity index (χ1n) is 4.37. The summed E-state index contributed by atoms with van der Waals surface area (Å²) < 4.78 is 0. The van der Waals surface area contributed by atoms with Gasteiger partial charge in [0.25, 0.3) is 0 Å². The zero-order valence-electron chi connectivity index (χ0n) is 8.02. The molecule has 14 heavy (non-hydrogen) atoms. The molecule has 0 bridgehead atoms. The van der Waals surface area contributed by atoms with Gasteiger partial charge in [-0.05, 0) is 25.1 Å². The van der Waals surface area contributed by atoms with Crippen LogP contribution < -0.4 is 4.90 Å². The second-order valence-corrected chi connectivity index (χ2v) is 4.69. The van der Waals surface area contributed by atoms with Crippen molar-refractivity contribution in [3.8, 4) is 5.75 Å². The van der Waals surface area contributed by atoms with E-state index in [1.165, 1.54) is 11.8 Å². The standard InChI is InChI=1S/C10H11NO2S/c1-6-10(13)11(2)8-4-3-7(12)5-9(8)14-6/h3-6,12H,1-2H3. The lowest BCUT2D eigenvalue weighted by molar-refractivity contribution is -0.117. The first-order chi connectivity index (χ1) is 6.59. The maximum absolute atomic E-state index is 11.6. The monoisotopic (exact) mass is 209 g/mol. The molecule has 0 fully saturated rings. The Kier molecular flexibility index (Phi) is 2.15. The third-order valence-corrected chi connectivity index (χ3v) is 3.42. The summed E-state index contributed by atoms with van der Waals surface area (Å²) in [6.07, 6.45) is 0. The van der Waals surface area contributed by atoms with Gasteiger partial charge in [0.2, 0.25) is 5.91 Å². The number of benzene rings is 1. The molecule has 1 unspecified atom stereocenters. The van der Waals surface area contributed by atoms with Crippen LogP contribution in [0.25, 0.3) is 0 Å². The van der Waals surface area contributed by atoms with E-state index < -0.39 is 0 Å². The summed E-state index contributed by atoms with van der Waals surface area (Å²) in [5, 5.41) is 9.24. The number of carbonyl (C=O) groups is 1. The topological polar surface area (TPSA) is 40.5 Å². The molecule has 1 aliphatic rings. The Balaban J connectivity index is 2.50. The lowest BCUT2D eigenvalue weighted by Crippen LogP contribution is -2.36. The fourth-order valence-electron chi connectivity index (χ4n) is 1.51.